The van der Waals surface area contributed by atoms with Gasteiger partial charge in [-0.05, 0) is 49.9 Å². The van der Waals surface area contributed by atoms with Crippen molar-refractivity contribution in [2.75, 3.05) is 30.8 Å². The number of amides is 2. The third-order valence-corrected chi connectivity index (χ3v) is 4.89. The summed E-state index contributed by atoms with van der Waals surface area (Å²) in [6.07, 6.45) is 3.15. The topological polar surface area (TPSA) is 79.5 Å². The van der Waals surface area contributed by atoms with Crippen LogP contribution in [-0.2, 0) is 9.59 Å². The van der Waals surface area contributed by atoms with Gasteiger partial charge in [-0.3, -0.25) is 9.59 Å². The highest BCUT2D eigenvalue weighted by Crippen LogP contribution is 2.58. The molecule has 1 aliphatic carbocycles. The Morgan fingerprint density at radius 1 is 1.25 bits per heavy atom. The first kappa shape index (κ1) is 18.5. The van der Waals surface area contributed by atoms with Crippen molar-refractivity contribution in [3.05, 3.63) is 18.2 Å². The number of rotatable bonds is 4. The number of hydrogen-bond donors (Lipinski definition) is 3. The average Bonchev–Trinajstić information content (AvgIpc) is 3.22. The van der Waals surface area contributed by atoms with Gasteiger partial charge >= 0.3 is 0 Å². The fraction of sp³-hybridized carbons (Fsp3) is 0.529. The quantitative estimate of drug-likeness (QED) is 0.776. The van der Waals surface area contributed by atoms with Crippen molar-refractivity contribution in [2.24, 2.45) is 11.3 Å². The van der Waals surface area contributed by atoms with Crippen molar-refractivity contribution < 1.29 is 14.3 Å². The molecule has 1 aliphatic heterocycles. The summed E-state index contributed by atoms with van der Waals surface area (Å²) in [5.41, 5.74) is 1.51. The predicted molar refractivity (Wildman–Crippen MR) is 95.8 cm³/mol. The second-order valence-corrected chi connectivity index (χ2v) is 6.45. The number of methoxy groups -OCH3 is 1. The second kappa shape index (κ2) is 7.40. The molecule has 1 aromatic rings. The number of halogens is 1. The lowest BCUT2D eigenvalue weighted by molar-refractivity contribution is -0.118. The van der Waals surface area contributed by atoms with Crippen LogP contribution in [0.25, 0.3) is 0 Å². The Labute approximate surface area is 148 Å². The number of nitrogens with one attached hydrogen (secondary N) is 3. The van der Waals surface area contributed by atoms with Crippen LogP contribution in [-0.4, -0.2) is 32.0 Å². The molecule has 3 N–H and O–H groups in total. The molecule has 1 unspecified atom stereocenters. The van der Waals surface area contributed by atoms with E-state index in [-0.39, 0.29) is 35.6 Å². The van der Waals surface area contributed by atoms with Gasteiger partial charge in [-0.1, -0.05) is 0 Å². The summed E-state index contributed by atoms with van der Waals surface area (Å²) in [6.45, 7) is 3.45. The summed E-state index contributed by atoms with van der Waals surface area (Å²) in [5.74, 6) is 0.572. The molecular weight excluding hydrogens is 330 g/mol. The van der Waals surface area contributed by atoms with Gasteiger partial charge in [-0.2, -0.15) is 0 Å². The molecule has 0 aromatic heterocycles. The number of piperidine rings is 1. The summed E-state index contributed by atoms with van der Waals surface area (Å²) in [4.78, 5) is 23.6. The zero-order valence-corrected chi connectivity index (χ0v) is 14.8. The van der Waals surface area contributed by atoms with Crippen LogP contribution in [0.1, 0.15) is 26.2 Å². The predicted octanol–water partition coefficient (Wildman–Crippen LogP) is 2.40. The van der Waals surface area contributed by atoms with E-state index in [4.69, 9.17) is 4.74 Å². The van der Waals surface area contributed by atoms with Gasteiger partial charge < -0.3 is 20.7 Å². The van der Waals surface area contributed by atoms with E-state index in [0.717, 1.165) is 32.4 Å². The molecule has 1 heterocycles. The van der Waals surface area contributed by atoms with Crippen LogP contribution in [0.4, 0.5) is 11.4 Å². The molecule has 2 amide bonds. The molecule has 1 saturated heterocycles. The van der Waals surface area contributed by atoms with Crippen LogP contribution >= 0.6 is 12.4 Å². The number of ether oxygens (including phenoxy) is 1. The molecular formula is C17H24ClN3O3. The second-order valence-electron chi connectivity index (χ2n) is 6.45. The summed E-state index contributed by atoms with van der Waals surface area (Å²) in [6, 6.07) is 5.26. The van der Waals surface area contributed by atoms with Crippen molar-refractivity contribution in [1.29, 1.82) is 0 Å². The van der Waals surface area contributed by atoms with Crippen LogP contribution in [0.2, 0.25) is 0 Å². The van der Waals surface area contributed by atoms with E-state index < -0.39 is 0 Å². The first-order chi connectivity index (χ1) is 11.0. The lowest BCUT2D eigenvalue weighted by Crippen LogP contribution is -2.31. The molecule has 1 spiro atoms. The minimum Gasteiger partial charge on any atom is -0.494 e. The summed E-state index contributed by atoms with van der Waals surface area (Å²) >= 11 is 0. The molecule has 3 rings (SSSR count). The Hall–Kier alpha value is -1.79. The Bertz CT molecular complexity index is 630. The van der Waals surface area contributed by atoms with Crippen LogP contribution in [0.3, 0.4) is 0 Å². The smallest absolute Gasteiger partial charge is 0.228 e. The van der Waals surface area contributed by atoms with Crippen molar-refractivity contribution in [2.45, 2.75) is 26.2 Å². The van der Waals surface area contributed by atoms with Crippen LogP contribution < -0.4 is 20.7 Å². The zero-order chi connectivity index (χ0) is 16.4. The van der Waals surface area contributed by atoms with E-state index >= 15 is 0 Å². The Morgan fingerprint density at radius 2 is 1.96 bits per heavy atom. The molecule has 2 aliphatic rings. The number of carbonyl (C=O) groups excluding carboxylic acids is 2. The minimum atomic E-state index is -0.161. The monoisotopic (exact) mass is 353 g/mol. The molecule has 2 fully saturated rings. The fourth-order valence-corrected chi connectivity index (χ4v) is 3.49. The maximum atomic E-state index is 12.5. The van der Waals surface area contributed by atoms with E-state index in [1.54, 1.807) is 18.2 Å². The standard InChI is InChI=1S/C17H23N3O3.ClH/c1-11(21)19-14-4-3-12(9-15(14)23-2)20-16(22)13-10-17(13)5-7-18-8-6-17;/h3-4,9,13,18H,5-8,10H2,1-2H3,(H,19,21)(H,20,22);1H. The third kappa shape index (κ3) is 3.82. The maximum Gasteiger partial charge on any atom is 0.228 e. The van der Waals surface area contributed by atoms with Gasteiger partial charge in [0, 0.05) is 24.6 Å². The van der Waals surface area contributed by atoms with Crippen molar-refractivity contribution in [3.8, 4) is 5.75 Å². The molecule has 6 nitrogen and oxygen atoms in total. The van der Waals surface area contributed by atoms with Gasteiger partial charge in [0.15, 0.2) is 0 Å². The summed E-state index contributed by atoms with van der Waals surface area (Å²) in [5, 5.41) is 9.03. The molecule has 1 atom stereocenters. The third-order valence-electron chi connectivity index (χ3n) is 4.89. The molecule has 1 saturated carbocycles. The van der Waals surface area contributed by atoms with Crippen molar-refractivity contribution in [1.82, 2.24) is 5.32 Å². The summed E-state index contributed by atoms with van der Waals surface area (Å²) < 4.78 is 5.28. The first-order valence-corrected chi connectivity index (χ1v) is 8.01. The zero-order valence-electron chi connectivity index (χ0n) is 14.0. The van der Waals surface area contributed by atoms with Crippen LogP contribution in [0, 0.1) is 11.3 Å². The first-order valence-electron chi connectivity index (χ1n) is 8.01. The number of carbonyl (C=O) groups is 2. The Balaban J connectivity index is 0.00000208. The Morgan fingerprint density at radius 3 is 2.58 bits per heavy atom. The molecule has 1 aromatic carbocycles. The highest BCUT2D eigenvalue weighted by molar-refractivity contribution is 5.96. The van der Waals surface area contributed by atoms with Crippen molar-refractivity contribution in [3.63, 3.8) is 0 Å². The number of anilines is 2. The van der Waals surface area contributed by atoms with Gasteiger partial charge in [-0.25, -0.2) is 0 Å². The minimum absolute atomic E-state index is 0. The number of hydrogen-bond acceptors (Lipinski definition) is 4. The van der Waals surface area contributed by atoms with Gasteiger partial charge in [-0.15, -0.1) is 12.4 Å². The largest absolute Gasteiger partial charge is 0.494 e. The van der Waals surface area contributed by atoms with E-state index in [9.17, 15) is 9.59 Å². The van der Waals surface area contributed by atoms with E-state index in [2.05, 4.69) is 16.0 Å². The van der Waals surface area contributed by atoms with Gasteiger partial charge in [0.05, 0.1) is 12.8 Å². The SMILES string of the molecule is COc1cc(NC(=O)C2CC23CCNCC3)ccc1NC(C)=O.Cl. The molecule has 0 radical (unpaired) electrons. The van der Waals surface area contributed by atoms with Crippen molar-refractivity contribution >= 4 is 35.6 Å². The van der Waals surface area contributed by atoms with E-state index in [1.165, 1.54) is 14.0 Å². The van der Waals surface area contributed by atoms with Gasteiger partial charge in [0.2, 0.25) is 11.8 Å². The molecule has 0 bridgehead atoms. The van der Waals surface area contributed by atoms with Gasteiger partial charge in [0.25, 0.3) is 0 Å². The van der Waals surface area contributed by atoms with Crippen LogP contribution in [0.15, 0.2) is 18.2 Å². The summed E-state index contributed by atoms with van der Waals surface area (Å²) in [7, 11) is 1.54. The fourth-order valence-electron chi connectivity index (χ4n) is 3.49. The van der Waals surface area contributed by atoms with Crippen LogP contribution in [0.5, 0.6) is 5.75 Å². The lowest BCUT2D eigenvalue weighted by Gasteiger charge is -2.23. The molecule has 7 heteroatoms. The average molecular weight is 354 g/mol. The number of benzene rings is 1. The highest BCUT2D eigenvalue weighted by Gasteiger charge is 2.57. The maximum absolute atomic E-state index is 12.5. The lowest BCUT2D eigenvalue weighted by atomic mass is 9.92. The molecule has 132 valence electrons. The van der Waals surface area contributed by atoms with Gasteiger partial charge in [0.1, 0.15) is 5.75 Å². The highest BCUT2D eigenvalue weighted by atomic mass is 35.5. The Kier molecular flexibility index (Phi) is 5.72. The van der Waals surface area contributed by atoms with E-state index in [0.29, 0.717) is 17.1 Å². The molecule has 24 heavy (non-hydrogen) atoms. The normalized spacial score (nSPS) is 20.7. The van der Waals surface area contributed by atoms with E-state index in [1.807, 2.05) is 0 Å².